The molecule has 0 aromatic heterocycles. The van der Waals surface area contributed by atoms with E-state index < -0.39 is 0 Å². The van der Waals surface area contributed by atoms with Gasteiger partial charge in [0.05, 0.1) is 0 Å². The third-order valence-corrected chi connectivity index (χ3v) is 5.36. The Morgan fingerprint density at radius 3 is 2.55 bits per heavy atom. The predicted molar refractivity (Wildman–Crippen MR) is 87.3 cm³/mol. The average Bonchev–Trinajstić information content (AvgIpc) is 2.48. The molecule has 1 saturated heterocycles. The molecule has 2 nitrogen and oxygen atoms in total. The van der Waals surface area contributed by atoms with Crippen LogP contribution in [-0.2, 0) is 0 Å². The molecule has 1 aliphatic heterocycles. The maximum absolute atomic E-state index is 6.34. The molecule has 0 aliphatic carbocycles. The smallest absolute Gasteiger partial charge is 0.0453 e. The molecule has 1 N–H and O–H groups in total. The van der Waals surface area contributed by atoms with Gasteiger partial charge in [0, 0.05) is 17.6 Å². The van der Waals surface area contributed by atoms with Gasteiger partial charge in [-0.15, -0.1) is 0 Å². The first kappa shape index (κ1) is 15.8. The minimum Gasteiger partial charge on any atom is -0.317 e. The van der Waals surface area contributed by atoms with Crippen LogP contribution in [0, 0.1) is 5.41 Å². The summed E-state index contributed by atoms with van der Waals surface area (Å²) in [6.45, 7) is 8.05. The molecule has 0 bridgehead atoms. The van der Waals surface area contributed by atoms with E-state index in [0.29, 0.717) is 11.5 Å². The van der Waals surface area contributed by atoms with Gasteiger partial charge in [-0.25, -0.2) is 0 Å². The van der Waals surface area contributed by atoms with Crippen LogP contribution in [0.25, 0.3) is 0 Å². The van der Waals surface area contributed by atoms with Crippen molar-refractivity contribution in [3.8, 4) is 0 Å². The summed E-state index contributed by atoms with van der Waals surface area (Å²) in [4.78, 5) is 2.47. The normalized spacial score (nSPS) is 20.1. The highest BCUT2D eigenvalue weighted by Crippen LogP contribution is 2.36. The highest BCUT2D eigenvalue weighted by molar-refractivity contribution is 6.31. The van der Waals surface area contributed by atoms with Gasteiger partial charge in [-0.1, -0.05) is 36.7 Å². The topological polar surface area (TPSA) is 15.3 Å². The third kappa shape index (κ3) is 3.55. The second kappa shape index (κ2) is 6.93. The molecule has 1 aromatic rings. The Morgan fingerprint density at radius 2 is 1.95 bits per heavy atom. The molecular formula is C17H27ClN2. The number of piperidine rings is 1. The summed E-state index contributed by atoms with van der Waals surface area (Å²) in [5.74, 6) is 0. The maximum Gasteiger partial charge on any atom is 0.0453 e. The lowest BCUT2D eigenvalue weighted by atomic mass is 9.76. The standard InChI is InChI=1S/C17H27ClN2/c1-4-17(9-11-19-12-10-17)13-20(3)14(2)15-7-5-6-8-16(15)18/h5-8,14,19H,4,9-13H2,1-3H3. The highest BCUT2D eigenvalue weighted by atomic mass is 35.5. The Bertz CT molecular complexity index is 427. The summed E-state index contributed by atoms with van der Waals surface area (Å²) in [6, 6.07) is 8.57. The van der Waals surface area contributed by atoms with Crippen molar-refractivity contribution >= 4 is 11.6 Å². The first-order valence-corrected chi connectivity index (χ1v) is 8.11. The van der Waals surface area contributed by atoms with Gasteiger partial charge in [0.25, 0.3) is 0 Å². The lowest BCUT2D eigenvalue weighted by Crippen LogP contribution is -2.44. The number of halogens is 1. The van der Waals surface area contributed by atoms with E-state index in [1.807, 2.05) is 12.1 Å². The molecule has 0 spiro atoms. The molecule has 1 fully saturated rings. The van der Waals surface area contributed by atoms with Gasteiger partial charge in [0.15, 0.2) is 0 Å². The van der Waals surface area contributed by atoms with Gasteiger partial charge in [0.1, 0.15) is 0 Å². The molecule has 0 radical (unpaired) electrons. The van der Waals surface area contributed by atoms with E-state index in [9.17, 15) is 0 Å². The first-order valence-electron chi connectivity index (χ1n) is 7.73. The molecule has 20 heavy (non-hydrogen) atoms. The number of hydrogen-bond donors (Lipinski definition) is 1. The van der Waals surface area contributed by atoms with Crippen molar-refractivity contribution in [2.24, 2.45) is 5.41 Å². The van der Waals surface area contributed by atoms with Crippen LogP contribution in [0.15, 0.2) is 24.3 Å². The maximum atomic E-state index is 6.34. The van der Waals surface area contributed by atoms with Crippen molar-refractivity contribution in [2.45, 2.75) is 39.2 Å². The molecule has 1 aliphatic rings. The van der Waals surface area contributed by atoms with Crippen LogP contribution in [0.1, 0.15) is 44.7 Å². The van der Waals surface area contributed by atoms with Crippen LogP contribution < -0.4 is 5.32 Å². The van der Waals surface area contributed by atoms with Crippen LogP contribution in [-0.4, -0.2) is 31.6 Å². The fourth-order valence-corrected chi connectivity index (χ4v) is 3.59. The minimum absolute atomic E-state index is 0.363. The lowest BCUT2D eigenvalue weighted by molar-refractivity contribution is 0.101. The zero-order valence-electron chi connectivity index (χ0n) is 13.0. The number of nitrogens with one attached hydrogen (secondary N) is 1. The summed E-state index contributed by atoms with van der Waals surface area (Å²) < 4.78 is 0. The van der Waals surface area contributed by atoms with Crippen LogP contribution in [0.5, 0.6) is 0 Å². The molecule has 2 rings (SSSR count). The fourth-order valence-electron chi connectivity index (χ4n) is 3.30. The predicted octanol–water partition coefficient (Wildman–Crippen LogP) is 4.11. The molecule has 1 atom stereocenters. The molecule has 1 unspecified atom stereocenters. The molecule has 1 heterocycles. The quantitative estimate of drug-likeness (QED) is 0.879. The minimum atomic E-state index is 0.363. The van der Waals surface area contributed by atoms with Crippen molar-refractivity contribution < 1.29 is 0 Å². The van der Waals surface area contributed by atoms with E-state index >= 15 is 0 Å². The first-order chi connectivity index (χ1) is 9.58. The zero-order valence-corrected chi connectivity index (χ0v) is 13.7. The van der Waals surface area contributed by atoms with Crippen molar-refractivity contribution in [1.29, 1.82) is 0 Å². The molecule has 112 valence electrons. The summed E-state index contributed by atoms with van der Waals surface area (Å²) in [5.41, 5.74) is 1.70. The highest BCUT2D eigenvalue weighted by Gasteiger charge is 2.32. The van der Waals surface area contributed by atoms with Crippen molar-refractivity contribution in [2.75, 3.05) is 26.7 Å². The number of benzene rings is 1. The number of rotatable bonds is 5. The summed E-state index contributed by atoms with van der Waals surface area (Å²) in [7, 11) is 2.23. The Hall–Kier alpha value is -0.570. The van der Waals surface area contributed by atoms with Gasteiger partial charge in [-0.05, 0) is 63.4 Å². The molecular weight excluding hydrogens is 268 g/mol. The third-order valence-electron chi connectivity index (χ3n) is 5.02. The van der Waals surface area contributed by atoms with Gasteiger partial charge in [-0.3, -0.25) is 4.90 Å². The van der Waals surface area contributed by atoms with Gasteiger partial charge >= 0.3 is 0 Å². The number of nitrogens with zero attached hydrogens (tertiary/aromatic N) is 1. The summed E-state index contributed by atoms with van der Waals surface area (Å²) >= 11 is 6.34. The Labute approximate surface area is 128 Å². The van der Waals surface area contributed by atoms with Crippen LogP contribution >= 0.6 is 11.6 Å². The van der Waals surface area contributed by atoms with Crippen molar-refractivity contribution in [3.63, 3.8) is 0 Å². The van der Waals surface area contributed by atoms with Gasteiger partial charge < -0.3 is 5.32 Å². The average molecular weight is 295 g/mol. The molecule has 0 saturated carbocycles. The van der Waals surface area contributed by atoms with E-state index in [2.05, 4.69) is 43.2 Å². The summed E-state index contributed by atoms with van der Waals surface area (Å²) in [5, 5.41) is 4.35. The van der Waals surface area contributed by atoms with Crippen molar-refractivity contribution in [1.82, 2.24) is 10.2 Å². The van der Waals surface area contributed by atoms with E-state index in [-0.39, 0.29) is 0 Å². The zero-order chi connectivity index (χ0) is 14.6. The molecule has 1 aromatic carbocycles. The van der Waals surface area contributed by atoms with Crippen molar-refractivity contribution in [3.05, 3.63) is 34.9 Å². The van der Waals surface area contributed by atoms with Gasteiger partial charge in [0.2, 0.25) is 0 Å². The molecule has 0 amide bonds. The van der Waals surface area contributed by atoms with Crippen LogP contribution in [0.4, 0.5) is 0 Å². The molecule has 3 heteroatoms. The lowest BCUT2D eigenvalue weighted by Gasteiger charge is -2.41. The number of hydrogen-bond acceptors (Lipinski definition) is 2. The van der Waals surface area contributed by atoms with E-state index in [1.165, 1.54) is 24.8 Å². The van der Waals surface area contributed by atoms with E-state index in [4.69, 9.17) is 11.6 Å². The fraction of sp³-hybridized carbons (Fsp3) is 0.647. The summed E-state index contributed by atoms with van der Waals surface area (Å²) in [6.07, 6.45) is 3.82. The Balaban J connectivity index is 2.07. The Kier molecular flexibility index (Phi) is 5.48. The SMILES string of the molecule is CCC1(CN(C)C(C)c2ccccc2Cl)CCNCC1. The van der Waals surface area contributed by atoms with Gasteiger partial charge in [-0.2, -0.15) is 0 Å². The second-order valence-electron chi connectivity index (χ2n) is 6.22. The second-order valence-corrected chi connectivity index (χ2v) is 6.62. The largest absolute Gasteiger partial charge is 0.317 e. The Morgan fingerprint density at radius 1 is 1.30 bits per heavy atom. The van der Waals surface area contributed by atoms with E-state index in [1.54, 1.807) is 0 Å². The monoisotopic (exact) mass is 294 g/mol. The van der Waals surface area contributed by atoms with E-state index in [0.717, 1.165) is 24.7 Å². The van der Waals surface area contributed by atoms with Crippen LogP contribution in [0.3, 0.4) is 0 Å². The van der Waals surface area contributed by atoms with Crippen LogP contribution in [0.2, 0.25) is 5.02 Å².